The normalized spacial score (nSPS) is 14.5. The fourth-order valence-electron chi connectivity index (χ4n) is 2.58. The van der Waals surface area contributed by atoms with E-state index in [4.69, 9.17) is 9.05 Å². The number of thiophene rings is 2. The third-order valence-corrected chi connectivity index (χ3v) is 5.42. The van der Waals surface area contributed by atoms with Gasteiger partial charge in [0.2, 0.25) is 0 Å². The summed E-state index contributed by atoms with van der Waals surface area (Å²) >= 11 is 3.35. The van der Waals surface area contributed by atoms with Crippen LogP contribution in [0.4, 0.5) is 5.82 Å². The minimum absolute atomic E-state index is 0. The summed E-state index contributed by atoms with van der Waals surface area (Å²) in [7, 11) is 0. The Morgan fingerprint density at radius 1 is 0.957 bits per heavy atom. The molecule has 0 aliphatic carbocycles. The molecule has 5 heterocycles. The van der Waals surface area contributed by atoms with Crippen molar-refractivity contribution in [3.63, 3.8) is 0 Å². The second-order valence-electron chi connectivity index (χ2n) is 5.14. The van der Waals surface area contributed by atoms with E-state index in [0.717, 1.165) is 34.8 Å². The van der Waals surface area contributed by atoms with Gasteiger partial charge in [-0.15, -0.1) is 35.1 Å². The SMILES string of the molecule is Cl.c1cc2onc(N3CCCCC3)c2s1.c1cc2oncc2s1. The first-order valence-corrected chi connectivity index (χ1v) is 9.03. The highest BCUT2D eigenvalue weighted by Crippen LogP contribution is 2.32. The first kappa shape index (κ1) is 16.3. The Balaban J connectivity index is 0.000000149. The summed E-state index contributed by atoms with van der Waals surface area (Å²) in [6.07, 6.45) is 5.63. The lowest BCUT2D eigenvalue weighted by atomic mass is 10.1. The number of nitrogens with zero attached hydrogens (tertiary/aromatic N) is 3. The second kappa shape index (κ2) is 7.33. The highest BCUT2D eigenvalue weighted by Gasteiger charge is 2.18. The van der Waals surface area contributed by atoms with Crippen LogP contribution in [0.5, 0.6) is 0 Å². The number of hydrogen-bond acceptors (Lipinski definition) is 7. The van der Waals surface area contributed by atoms with Crippen LogP contribution in [0.1, 0.15) is 19.3 Å². The second-order valence-corrected chi connectivity index (χ2v) is 7.01. The van der Waals surface area contributed by atoms with Crippen molar-refractivity contribution < 1.29 is 9.05 Å². The summed E-state index contributed by atoms with van der Waals surface area (Å²) in [4.78, 5) is 2.34. The summed E-state index contributed by atoms with van der Waals surface area (Å²) in [5, 5.41) is 11.8. The Labute approximate surface area is 147 Å². The number of hydrogen-bond donors (Lipinski definition) is 0. The Kier molecular flexibility index (Phi) is 5.20. The highest BCUT2D eigenvalue weighted by atomic mass is 35.5. The zero-order chi connectivity index (χ0) is 14.8. The van der Waals surface area contributed by atoms with Crippen molar-refractivity contribution in [3.8, 4) is 0 Å². The summed E-state index contributed by atoms with van der Waals surface area (Å²) in [6.45, 7) is 2.25. The standard InChI is InChI=1S/C10H12N2OS.C5H3NOS.ClH/c1-2-5-12(6-3-1)10-9-8(13-11-10)4-7-14-9;1-2-8-5-3-6-7-4(1)5;/h4,7H,1-3,5-6H2;1-3H;1H. The maximum atomic E-state index is 5.26. The first-order valence-electron chi connectivity index (χ1n) is 7.27. The van der Waals surface area contributed by atoms with Gasteiger partial charge in [0.1, 0.15) is 4.70 Å². The van der Waals surface area contributed by atoms with Gasteiger partial charge < -0.3 is 13.9 Å². The van der Waals surface area contributed by atoms with Crippen molar-refractivity contribution in [2.24, 2.45) is 0 Å². The molecule has 1 aliphatic rings. The monoisotopic (exact) mass is 369 g/mol. The Morgan fingerprint density at radius 3 is 2.57 bits per heavy atom. The average Bonchev–Trinajstić information content (AvgIpc) is 3.29. The molecule has 8 heteroatoms. The summed E-state index contributed by atoms with van der Waals surface area (Å²) in [5.41, 5.74) is 1.81. The fourth-order valence-corrected chi connectivity index (χ4v) is 4.07. The van der Waals surface area contributed by atoms with E-state index in [2.05, 4.69) is 20.6 Å². The predicted molar refractivity (Wildman–Crippen MR) is 97.1 cm³/mol. The molecule has 23 heavy (non-hydrogen) atoms. The average molecular weight is 370 g/mol. The molecule has 0 N–H and O–H groups in total. The van der Waals surface area contributed by atoms with Crippen LogP contribution in [0, 0.1) is 0 Å². The summed E-state index contributed by atoms with van der Waals surface area (Å²) in [6, 6.07) is 3.90. The zero-order valence-corrected chi connectivity index (χ0v) is 14.8. The highest BCUT2D eigenvalue weighted by molar-refractivity contribution is 7.17. The zero-order valence-electron chi connectivity index (χ0n) is 12.3. The molecule has 5 rings (SSSR count). The number of aromatic nitrogens is 2. The molecule has 5 nitrogen and oxygen atoms in total. The molecule has 0 atom stereocenters. The molecule has 0 spiro atoms. The van der Waals surface area contributed by atoms with Crippen LogP contribution in [0.3, 0.4) is 0 Å². The van der Waals surface area contributed by atoms with E-state index < -0.39 is 0 Å². The molecule has 4 aromatic heterocycles. The van der Waals surface area contributed by atoms with E-state index in [9.17, 15) is 0 Å². The van der Waals surface area contributed by atoms with Gasteiger partial charge in [-0.05, 0) is 42.2 Å². The van der Waals surface area contributed by atoms with Gasteiger partial charge in [-0.1, -0.05) is 10.3 Å². The van der Waals surface area contributed by atoms with Gasteiger partial charge in [0.05, 0.1) is 10.9 Å². The molecule has 1 fully saturated rings. The van der Waals surface area contributed by atoms with Crippen LogP contribution in [0.25, 0.3) is 20.6 Å². The Bertz CT molecular complexity index is 809. The van der Waals surface area contributed by atoms with E-state index in [1.165, 1.54) is 24.0 Å². The number of fused-ring (bicyclic) bond motifs is 2. The van der Waals surface area contributed by atoms with Crippen molar-refractivity contribution in [2.75, 3.05) is 18.0 Å². The molecular weight excluding hydrogens is 354 g/mol. The smallest absolute Gasteiger partial charge is 0.190 e. The van der Waals surface area contributed by atoms with Crippen molar-refractivity contribution in [2.45, 2.75) is 19.3 Å². The predicted octanol–water partition coefficient (Wildman–Crippen LogP) is 5.19. The quantitative estimate of drug-likeness (QED) is 0.462. The number of halogens is 1. The summed E-state index contributed by atoms with van der Waals surface area (Å²) < 4.78 is 12.4. The summed E-state index contributed by atoms with van der Waals surface area (Å²) in [5.74, 6) is 1.05. The molecule has 1 aliphatic heterocycles. The molecule has 1 saturated heterocycles. The fraction of sp³-hybridized carbons (Fsp3) is 0.333. The molecule has 0 radical (unpaired) electrons. The van der Waals surface area contributed by atoms with Crippen molar-refractivity contribution in [1.82, 2.24) is 10.3 Å². The van der Waals surface area contributed by atoms with Gasteiger partial charge in [-0.3, -0.25) is 0 Å². The van der Waals surface area contributed by atoms with Gasteiger partial charge in [0.25, 0.3) is 0 Å². The van der Waals surface area contributed by atoms with Gasteiger partial charge in [-0.2, -0.15) is 0 Å². The molecule has 122 valence electrons. The van der Waals surface area contributed by atoms with Gasteiger partial charge in [-0.25, -0.2) is 0 Å². The Morgan fingerprint density at radius 2 is 1.74 bits per heavy atom. The van der Waals surface area contributed by atoms with Crippen LogP contribution in [-0.4, -0.2) is 23.4 Å². The van der Waals surface area contributed by atoms with E-state index in [1.54, 1.807) is 28.9 Å². The minimum Gasteiger partial charge on any atom is -0.355 e. The van der Waals surface area contributed by atoms with Gasteiger partial charge >= 0.3 is 0 Å². The maximum absolute atomic E-state index is 5.26. The van der Waals surface area contributed by atoms with Crippen molar-refractivity contribution >= 4 is 61.5 Å². The molecule has 0 bridgehead atoms. The topological polar surface area (TPSA) is 55.3 Å². The molecule has 0 aromatic carbocycles. The lowest BCUT2D eigenvalue weighted by Crippen LogP contribution is -2.29. The van der Waals surface area contributed by atoms with Crippen LogP contribution in [0.15, 0.2) is 38.1 Å². The Hall–Kier alpha value is -1.57. The maximum Gasteiger partial charge on any atom is 0.190 e. The molecule has 0 amide bonds. The largest absolute Gasteiger partial charge is 0.355 e. The van der Waals surface area contributed by atoms with Gasteiger partial charge in [0, 0.05) is 13.1 Å². The molecular formula is C15H16ClN3O2S2. The van der Waals surface area contributed by atoms with Gasteiger partial charge in [0.15, 0.2) is 17.0 Å². The van der Waals surface area contributed by atoms with E-state index >= 15 is 0 Å². The van der Waals surface area contributed by atoms with Crippen molar-refractivity contribution in [3.05, 3.63) is 29.1 Å². The minimum atomic E-state index is 0. The lowest BCUT2D eigenvalue weighted by molar-refractivity contribution is 0.450. The van der Waals surface area contributed by atoms with E-state index in [0.29, 0.717) is 0 Å². The molecule has 0 saturated carbocycles. The van der Waals surface area contributed by atoms with E-state index in [-0.39, 0.29) is 12.4 Å². The van der Waals surface area contributed by atoms with Crippen molar-refractivity contribution in [1.29, 1.82) is 0 Å². The van der Waals surface area contributed by atoms with E-state index in [1.807, 2.05) is 17.5 Å². The van der Waals surface area contributed by atoms with Crippen LogP contribution in [0.2, 0.25) is 0 Å². The number of piperidine rings is 1. The molecule has 0 unspecified atom stereocenters. The number of rotatable bonds is 1. The number of anilines is 1. The van der Waals surface area contributed by atoms with Crippen LogP contribution >= 0.6 is 35.1 Å². The van der Waals surface area contributed by atoms with Crippen LogP contribution < -0.4 is 4.90 Å². The first-order chi connectivity index (χ1) is 10.9. The third-order valence-electron chi connectivity index (χ3n) is 3.70. The molecule has 4 aromatic rings. The van der Waals surface area contributed by atoms with Crippen LogP contribution in [-0.2, 0) is 0 Å². The third kappa shape index (κ3) is 3.36. The lowest BCUT2D eigenvalue weighted by Gasteiger charge is -2.25.